The summed E-state index contributed by atoms with van der Waals surface area (Å²) in [4.78, 5) is 44.8. The number of likely N-dealkylation sites (N-methyl/N-ethyl adjacent to an activating group) is 1. The van der Waals surface area contributed by atoms with Crippen molar-refractivity contribution in [1.29, 1.82) is 0 Å². The Morgan fingerprint density at radius 1 is 0.906 bits per heavy atom. The molecule has 2 aromatic carbocycles. The summed E-state index contributed by atoms with van der Waals surface area (Å²) in [6.45, 7) is 8.80. The van der Waals surface area contributed by atoms with Crippen LogP contribution in [0.25, 0.3) is 0 Å². The lowest BCUT2D eigenvalue weighted by Crippen LogP contribution is -2.50. The summed E-state index contributed by atoms with van der Waals surface area (Å²) in [7, 11) is 2.14. The number of hydrogen-bond donors (Lipinski definition) is 1. The highest BCUT2D eigenvalue weighted by atomic mass is 16.2. The number of benzene rings is 2. The summed E-state index contributed by atoms with van der Waals surface area (Å²) in [5.74, 6) is -1.42. The summed E-state index contributed by atoms with van der Waals surface area (Å²) < 4.78 is 0. The van der Waals surface area contributed by atoms with Gasteiger partial charge in [-0.15, -0.1) is 0 Å². The Kier molecular flexibility index (Phi) is 6.39. The van der Waals surface area contributed by atoms with Gasteiger partial charge in [0, 0.05) is 38.4 Å². The van der Waals surface area contributed by atoms with E-state index in [-0.39, 0.29) is 11.8 Å². The zero-order valence-corrected chi connectivity index (χ0v) is 18.9. The standard InChI is InChI=1S/C25H30N4O3/c1-17(2)22(29-24(31)20-6-4-5-7-21(20)25(29)32)23(30)26-19-10-8-18(9-11-19)16-28-14-12-27(3)13-15-28/h4-11,17,22H,12-16H2,1-3H3,(H,26,30). The van der Waals surface area contributed by atoms with Gasteiger partial charge in [0.25, 0.3) is 11.8 Å². The predicted octanol–water partition coefficient (Wildman–Crippen LogP) is 2.69. The molecule has 0 bridgehead atoms. The maximum Gasteiger partial charge on any atom is 0.262 e. The molecule has 32 heavy (non-hydrogen) atoms. The van der Waals surface area contributed by atoms with Gasteiger partial charge in [0.1, 0.15) is 6.04 Å². The number of fused-ring (bicyclic) bond motifs is 1. The Morgan fingerprint density at radius 3 is 2.00 bits per heavy atom. The second-order valence-corrected chi connectivity index (χ2v) is 8.98. The van der Waals surface area contributed by atoms with E-state index in [1.165, 1.54) is 5.56 Å². The Morgan fingerprint density at radius 2 is 1.47 bits per heavy atom. The van der Waals surface area contributed by atoms with Crippen LogP contribution in [0.4, 0.5) is 5.69 Å². The number of imide groups is 1. The second-order valence-electron chi connectivity index (χ2n) is 8.98. The maximum absolute atomic E-state index is 13.1. The number of piperazine rings is 1. The quantitative estimate of drug-likeness (QED) is 0.708. The largest absolute Gasteiger partial charge is 0.324 e. The van der Waals surface area contributed by atoms with E-state index in [4.69, 9.17) is 0 Å². The van der Waals surface area contributed by atoms with Crippen LogP contribution in [-0.4, -0.2) is 71.7 Å². The molecule has 1 atom stereocenters. The van der Waals surface area contributed by atoms with E-state index in [9.17, 15) is 14.4 Å². The topological polar surface area (TPSA) is 73.0 Å². The highest BCUT2D eigenvalue weighted by Gasteiger charge is 2.43. The van der Waals surface area contributed by atoms with Crippen molar-refractivity contribution in [2.45, 2.75) is 26.4 Å². The van der Waals surface area contributed by atoms with E-state index in [1.54, 1.807) is 24.3 Å². The normalized spacial score (nSPS) is 18.2. The van der Waals surface area contributed by atoms with E-state index < -0.39 is 17.9 Å². The molecule has 2 aliphatic heterocycles. The summed E-state index contributed by atoms with van der Waals surface area (Å²) in [6.07, 6.45) is 0. The van der Waals surface area contributed by atoms with E-state index in [1.807, 2.05) is 38.1 Å². The molecule has 4 rings (SSSR count). The van der Waals surface area contributed by atoms with Crippen molar-refractivity contribution < 1.29 is 14.4 Å². The Hall–Kier alpha value is -3.03. The van der Waals surface area contributed by atoms with Crippen molar-refractivity contribution >= 4 is 23.4 Å². The van der Waals surface area contributed by atoms with E-state index >= 15 is 0 Å². The number of hydrogen-bond acceptors (Lipinski definition) is 5. The highest BCUT2D eigenvalue weighted by Crippen LogP contribution is 2.28. The third-order valence-corrected chi connectivity index (χ3v) is 6.23. The van der Waals surface area contributed by atoms with Crippen molar-refractivity contribution in [3.63, 3.8) is 0 Å². The SMILES string of the molecule is CC(C)C(C(=O)Nc1ccc(CN2CCN(C)CC2)cc1)N1C(=O)c2ccccc2C1=O. The predicted molar refractivity (Wildman–Crippen MR) is 123 cm³/mol. The lowest BCUT2D eigenvalue weighted by atomic mass is 10.0. The Labute approximate surface area is 189 Å². The minimum Gasteiger partial charge on any atom is -0.324 e. The van der Waals surface area contributed by atoms with Crippen molar-refractivity contribution in [2.75, 3.05) is 38.5 Å². The molecule has 0 spiro atoms. The van der Waals surface area contributed by atoms with Gasteiger partial charge in [0.2, 0.25) is 5.91 Å². The monoisotopic (exact) mass is 434 g/mol. The molecule has 168 valence electrons. The Bertz CT molecular complexity index is 975. The molecule has 0 aromatic heterocycles. The summed E-state index contributed by atoms with van der Waals surface area (Å²) >= 11 is 0. The molecule has 0 saturated carbocycles. The van der Waals surface area contributed by atoms with Crippen LogP contribution in [0.5, 0.6) is 0 Å². The van der Waals surface area contributed by atoms with E-state index in [0.29, 0.717) is 16.8 Å². The first-order chi connectivity index (χ1) is 15.3. The molecular weight excluding hydrogens is 404 g/mol. The molecule has 3 amide bonds. The van der Waals surface area contributed by atoms with Crippen LogP contribution in [0.15, 0.2) is 48.5 Å². The number of carbonyl (C=O) groups excluding carboxylic acids is 3. The van der Waals surface area contributed by atoms with Crippen molar-refractivity contribution in [1.82, 2.24) is 14.7 Å². The van der Waals surface area contributed by atoms with Gasteiger partial charge >= 0.3 is 0 Å². The van der Waals surface area contributed by atoms with Crippen LogP contribution in [0.2, 0.25) is 0 Å². The average molecular weight is 435 g/mol. The molecule has 2 aliphatic rings. The number of amides is 3. The molecule has 2 aromatic rings. The lowest BCUT2D eigenvalue weighted by molar-refractivity contribution is -0.121. The smallest absolute Gasteiger partial charge is 0.262 e. The number of nitrogens with zero attached hydrogens (tertiary/aromatic N) is 3. The van der Waals surface area contributed by atoms with Crippen molar-refractivity contribution in [2.24, 2.45) is 5.92 Å². The van der Waals surface area contributed by atoms with Crippen LogP contribution < -0.4 is 5.32 Å². The van der Waals surface area contributed by atoms with Crippen molar-refractivity contribution in [3.05, 3.63) is 65.2 Å². The maximum atomic E-state index is 13.1. The molecule has 7 heteroatoms. The summed E-state index contributed by atoms with van der Waals surface area (Å²) in [6, 6.07) is 13.6. The third-order valence-electron chi connectivity index (χ3n) is 6.23. The fourth-order valence-corrected chi connectivity index (χ4v) is 4.35. The molecule has 1 N–H and O–H groups in total. The van der Waals surface area contributed by atoms with Crippen LogP contribution in [0, 0.1) is 5.92 Å². The van der Waals surface area contributed by atoms with Gasteiger partial charge in [0.05, 0.1) is 11.1 Å². The fraction of sp³-hybridized carbons (Fsp3) is 0.400. The Balaban J connectivity index is 1.44. The first kappa shape index (κ1) is 22.2. The van der Waals surface area contributed by atoms with Gasteiger partial charge in [-0.25, -0.2) is 0 Å². The number of rotatable bonds is 6. The van der Waals surface area contributed by atoms with Crippen LogP contribution in [0.3, 0.4) is 0 Å². The number of nitrogens with one attached hydrogen (secondary N) is 1. The van der Waals surface area contributed by atoms with Crippen LogP contribution in [0.1, 0.15) is 40.1 Å². The van der Waals surface area contributed by atoms with Gasteiger partial charge < -0.3 is 10.2 Å². The molecule has 1 saturated heterocycles. The molecule has 7 nitrogen and oxygen atoms in total. The van der Waals surface area contributed by atoms with E-state index in [2.05, 4.69) is 22.2 Å². The number of anilines is 1. The van der Waals surface area contributed by atoms with Gasteiger partial charge in [-0.05, 0) is 42.8 Å². The molecule has 1 fully saturated rings. The first-order valence-corrected chi connectivity index (χ1v) is 11.1. The number of carbonyl (C=O) groups is 3. The van der Waals surface area contributed by atoms with Gasteiger partial charge in [0.15, 0.2) is 0 Å². The van der Waals surface area contributed by atoms with Crippen LogP contribution in [-0.2, 0) is 11.3 Å². The summed E-state index contributed by atoms with van der Waals surface area (Å²) in [5.41, 5.74) is 2.54. The second kappa shape index (κ2) is 9.22. The van der Waals surface area contributed by atoms with E-state index in [0.717, 1.165) is 37.6 Å². The minimum absolute atomic E-state index is 0.228. The minimum atomic E-state index is -0.882. The zero-order valence-electron chi connectivity index (χ0n) is 18.9. The molecule has 1 unspecified atom stereocenters. The average Bonchev–Trinajstić information content (AvgIpc) is 3.02. The highest BCUT2D eigenvalue weighted by molar-refractivity contribution is 6.23. The zero-order chi connectivity index (χ0) is 22.8. The lowest BCUT2D eigenvalue weighted by Gasteiger charge is -2.32. The summed E-state index contributed by atoms with van der Waals surface area (Å²) in [5, 5.41) is 2.90. The fourth-order valence-electron chi connectivity index (χ4n) is 4.35. The van der Waals surface area contributed by atoms with Gasteiger partial charge in [-0.1, -0.05) is 38.1 Å². The molecule has 0 radical (unpaired) electrons. The molecule has 0 aliphatic carbocycles. The molecule has 2 heterocycles. The van der Waals surface area contributed by atoms with Crippen molar-refractivity contribution in [3.8, 4) is 0 Å². The van der Waals surface area contributed by atoms with Crippen LogP contribution >= 0.6 is 0 Å². The third kappa shape index (κ3) is 4.45. The first-order valence-electron chi connectivity index (χ1n) is 11.1. The van der Waals surface area contributed by atoms with Gasteiger partial charge in [-0.3, -0.25) is 24.2 Å². The molecular formula is C25H30N4O3. The van der Waals surface area contributed by atoms with Gasteiger partial charge in [-0.2, -0.15) is 0 Å².